The number of nitrogens with zero attached hydrogens (tertiary/aromatic N) is 5. The van der Waals surface area contributed by atoms with E-state index < -0.39 is 11.7 Å². The number of piperidine rings is 1. The van der Waals surface area contributed by atoms with Crippen LogP contribution in [0.4, 0.5) is 19.0 Å². The maximum absolute atomic E-state index is 13.0. The first-order chi connectivity index (χ1) is 20.8. The van der Waals surface area contributed by atoms with Crippen molar-refractivity contribution in [2.45, 2.75) is 32.0 Å². The van der Waals surface area contributed by atoms with Crippen molar-refractivity contribution in [2.24, 2.45) is 0 Å². The van der Waals surface area contributed by atoms with Gasteiger partial charge in [0.1, 0.15) is 23.9 Å². The maximum atomic E-state index is 13.0. The van der Waals surface area contributed by atoms with E-state index in [9.17, 15) is 18.0 Å². The summed E-state index contributed by atoms with van der Waals surface area (Å²) in [6.45, 7) is 2.00. The molecule has 0 radical (unpaired) electrons. The molecule has 0 saturated carbocycles. The second-order valence-electron chi connectivity index (χ2n) is 10.4. The summed E-state index contributed by atoms with van der Waals surface area (Å²) >= 11 is 0. The summed E-state index contributed by atoms with van der Waals surface area (Å²) in [5.74, 6) is 1.31. The topological polar surface area (TPSA) is 73.1 Å². The van der Waals surface area contributed by atoms with Gasteiger partial charge in [0.15, 0.2) is 5.78 Å². The van der Waals surface area contributed by atoms with E-state index in [1.165, 1.54) is 23.2 Å². The molecule has 5 aromatic rings. The van der Waals surface area contributed by atoms with E-state index in [-0.39, 0.29) is 12.4 Å². The molecule has 0 N–H and O–H groups in total. The predicted octanol–water partition coefficient (Wildman–Crippen LogP) is 7.30. The van der Waals surface area contributed by atoms with Crippen LogP contribution in [0.2, 0.25) is 0 Å². The first-order valence-corrected chi connectivity index (χ1v) is 14.0. The lowest BCUT2D eigenvalue weighted by Gasteiger charge is -2.29. The number of carbonyl (C=O) groups is 1. The van der Waals surface area contributed by atoms with Crippen molar-refractivity contribution in [1.29, 1.82) is 0 Å². The average molecular weight is 584 g/mol. The summed E-state index contributed by atoms with van der Waals surface area (Å²) < 4.78 is 45.6. The Kier molecular flexibility index (Phi) is 7.91. The highest BCUT2D eigenvalue weighted by molar-refractivity contribution is 6.07. The summed E-state index contributed by atoms with van der Waals surface area (Å²) in [6.07, 6.45) is 4.08. The highest BCUT2D eigenvalue weighted by Gasteiger charge is 2.30. The Morgan fingerprint density at radius 1 is 0.930 bits per heavy atom. The van der Waals surface area contributed by atoms with Crippen molar-refractivity contribution in [3.63, 3.8) is 0 Å². The van der Waals surface area contributed by atoms with Gasteiger partial charge in [-0.3, -0.25) is 4.79 Å². The Hall–Kier alpha value is -4.99. The van der Waals surface area contributed by atoms with Gasteiger partial charge < -0.3 is 9.64 Å². The van der Waals surface area contributed by atoms with Crippen molar-refractivity contribution in [2.75, 3.05) is 18.0 Å². The molecule has 0 amide bonds. The van der Waals surface area contributed by atoms with Crippen molar-refractivity contribution < 1.29 is 22.7 Å². The van der Waals surface area contributed by atoms with Crippen molar-refractivity contribution in [3.05, 3.63) is 114 Å². The van der Waals surface area contributed by atoms with Crippen LogP contribution in [0.3, 0.4) is 0 Å². The number of rotatable bonds is 8. The van der Waals surface area contributed by atoms with Crippen LogP contribution in [0.5, 0.6) is 5.75 Å². The summed E-state index contributed by atoms with van der Waals surface area (Å²) in [4.78, 5) is 20.3. The SMILES string of the molecule is O=C(/C=C/c1cc2ccccc2nc1N1CCCCC1)c1ccc(OCc2cn(-c3ccc(C(F)(F)F)cc3)nn2)cc1. The molecule has 7 nitrogen and oxygen atoms in total. The number of alkyl halides is 3. The highest BCUT2D eigenvalue weighted by atomic mass is 19.4. The number of ketones is 1. The van der Waals surface area contributed by atoms with E-state index in [0.717, 1.165) is 60.3 Å². The van der Waals surface area contributed by atoms with Crippen LogP contribution in [-0.2, 0) is 12.8 Å². The molecule has 0 unspecified atom stereocenters. The Labute approximate surface area is 246 Å². The standard InChI is InChI=1S/C33H28F3N5O2/c34-33(35,36)26-11-13-28(14-12-26)41-21-27(38-39-41)22-43-29-15-8-23(9-16-29)31(42)17-10-25-20-24-6-2-3-7-30(24)37-32(25)40-18-4-1-5-19-40/h2-3,6-17,20-21H,1,4-5,18-19,22H2/b17-10+. The number of carbonyl (C=O) groups excluding carboxylic acids is 1. The van der Waals surface area contributed by atoms with Crippen LogP contribution in [0, 0.1) is 0 Å². The van der Waals surface area contributed by atoms with Crippen LogP contribution in [0.25, 0.3) is 22.7 Å². The summed E-state index contributed by atoms with van der Waals surface area (Å²) in [5.41, 5.74) is 2.58. The number of hydrogen-bond acceptors (Lipinski definition) is 6. The number of benzene rings is 3. The van der Waals surface area contributed by atoms with E-state index >= 15 is 0 Å². The lowest BCUT2D eigenvalue weighted by atomic mass is 10.1. The molecule has 0 spiro atoms. The van der Waals surface area contributed by atoms with Gasteiger partial charge in [0.25, 0.3) is 0 Å². The first kappa shape index (κ1) is 28.1. The Morgan fingerprint density at radius 2 is 1.67 bits per heavy atom. The molecule has 1 saturated heterocycles. The molecular formula is C33H28F3N5O2. The number of fused-ring (bicyclic) bond motifs is 1. The normalized spacial score (nSPS) is 14.0. The third kappa shape index (κ3) is 6.58. The number of pyridine rings is 1. The number of hydrogen-bond donors (Lipinski definition) is 0. The van der Waals surface area contributed by atoms with E-state index in [0.29, 0.717) is 22.7 Å². The first-order valence-electron chi connectivity index (χ1n) is 14.0. The minimum atomic E-state index is -4.40. The van der Waals surface area contributed by atoms with E-state index in [1.54, 1.807) is 36.5 Å². The fourth-order valence-electron chi connectivity index (χ4n) is 5.03. The molecule has 43 heavy (non-hydrogen) atoms. The largest absolute Gasteiger partial charge is 0.487 e. The Balaban J connectivity index is 1.10. The summed E-state index contributed by atoms with van der Waals surface area (Å²) in [6, 6.07) is 21.5. The zero-order valence-corrected chi connectivity index (χ0v) is 23.2. The number of allylic oxidation sites excluding steroid dienone is 1. The molecule has 0 atom stereocenters. The minimum absolute atomic E-state index is 0.0993. The Bertz CT molecular complexity index is 1760. The van der Waals surface area contributed by atoms with Crippen molar-refractivity contribution >= 4 is 28.6 Å². The van der Waals surface area contributed by atoms with Crippen LogP contribution in [0.15, 0.2) is 91.1 Å². The van der Waals surface area contributed by atoms with E-state index in [1.807, 2.05) is 30.3 Å². The quantitative estimate of drug-likeness (QED) is 0.141. The van der Waals surface area contributed by atoms with Crippen molar-refractivity contribution in [1.82, 2.24) is 20.0 Å². The molecule has 1 fully saturated rings. The number of halogens is 3. The van der Waals surface area contributed by atoms with Gasteiger partial charge in [-0.05, 0) is 92.1 Å². The Morgan fingerprint density at radius 3 is 2.42 bits per heavy atom. The number of para-hydroxylation sites is 1. The van der Waals surface area contributed by atoms with Crippen LogP contribution in [0.1, 0.15) is 46.4 Å². The minimum Gasteiger partial charge on any atom is -0.487 e. The predicted molar refractivity (Wildman–Crippen MR) is 158 cm³/mol. The van der Waals surface area contributed by atoms with Crippen LogP contribution >= 0.6 is 0 Å². The molecule has 3 heterocycles. The molecule has 218 valence electrons. The smallest absolute Gasteiger partial charge is 0.416 e. The maximum Gasteiger partial charge on any atom is 0.416 e. The lowest BCUT2D eigenvalue weighted by molar-refractivity contribution is -0.137. The molecule has 1 aliphatic rings. The van der Waals surface area contributed by atoms with Gasteiger partial charge in [-0.1, -0.05) is 23.4 Å². The molecule has 1 aliphatic heterocycles. The molecule has 3 aromatic carbocycles. The third-order valence-electron chi connectivity index (χ3n) is 7.33. The second kappa shape index (κ2) is 12.1. The third-order valence-corrected chi connectivity index (χ3v) is 7.33. The molecule has 2 aromatic heterocycles. The van der Waals surface area contributed by atoms with Gasteiger partial charge in [-0.25, -0.2) is 9.67 Å². The highest BCUT2D eigenvalue weighted by Crippen LogP contribution is 2.30. The zero-order chi connectivity index (χ0) is 29.8. The molecule has 0 aliphatic carbocycles. The lowest BCUT2D eigenvalue weighted by Crippen LogP contribution is -2.30. The monoisotopic (exact) mass is 583 g/mol. The molecular weight excluding hydrogens is 555 g/mol. The number of ether oxygens (including phenoxy) is 1. The number of aromatic nitrogens is 4. The van der Waals surface area contributed by atoms with Gasteiger partial charge >= 0.3 is 6.18 Å². The molecule has 10 heteroatoms. The van der Waals surface area contributed by atoms with E-state index in [2.05, 4.69) is 21.3 Å². The fraction of sp³-hybridized carbons (Fsp3) is 0.212. The molecule has 6 rings (SSSR count). The van der Waals surface area contributed by atoms with E-state index in [4.69, 9.17) is 9.72 Å². The molecule has 0 bridgehead atoms. The van der Waals surface area contributed by atoms with Gasteiger partial charge in [0, 0.05) is 29.6 Å². The van der Waals surface area contributed by atoms with Gasteiger partial charge in [0.2, 0.25) is 0 Å². The average Bonchev–Trinajstić information content (AvgIpc) is 3.52. The summed E-state index contributed by atoms with van der Waals surface area (Å²) in [5, 5.41) is 9.03. The second-order valence-corrected chi connectivity index (χ2v) is 10.4. The van der Waals surface area contributed by atoms with Crippen LogP contribution < -0.4 is 9.64 Å². The zero-order valence-electron chi connectivity index (χ0n) is 23.2. The van der Waals surface area contributed by atoms with Crippen molar-refractivity contribution in [3.8, 4) is 11.4 Å². The summed E-state index contributed by atoms with van der Waals surface area (Å²) in [7, 11) is 0. The van der Waals surface area contributed by atoms with Gasteiger partial charge in [-0.15, -0.1) is 5.10 Å². The van der Waals surface area contributed by atoms with Gasteiger partial charge in [0.05, 0.1) is 23.0 Å². The van der Waals surface area contributed by atoms with Crippen LogP contribution in [-0.4, -0.2) is 38.9 Å². The number of anilines is 1. The fourth-order valence-corrected chi connectivity index (χ4v) is 5.03. The van der Waals surface area contributed by atoms with Gasteiger partial charge in [-0.2, -0.15) is 13.2 Å².